The molecule has 0 atom stereocenters. The van der Waals surface area contributed by atoms with Crippen LogP contribution in [0.25, 0.3) is 11.2 Å². The average Bonchev–Trinajstić information content (AvgIpc) is 3.41. The van der Waals surface area contributed by atoms with Gasteiger partial charge in [-0.05, 0) is 38.5 Å². The van der Waals surface area contributed by atoms with Crippen LogP contribution in [0.15, 0.2) is 6.33 Å². The Labute approximate surface area is 214 Å². The Morgan fingerprint density at radius 1 is 1.03 bits per heavy atom. The maximum atomic E-state index is 12.5. The van der Waals surface area contributed by atoms with E-state index in [9.17, 15) is 21.6 Å². The third-order valence-corrected chi connectivity index (χ3v) is 7.45. The summed E-state index contributed by atoms with van der Waals surface area (Å²) in [5.74, 6) is 0.749. The Balaban J connectivity index is 0.00000216. The van der Waals surface area contributed by atoms with Gasteiger partial charge in [0.15, 0.2) is 17.0 Å². The number of imidazole rings is 1. The van der Waals surface area contributed by atoms with Gasteiger partial charge in [-0.3, -0.25) is 0 Å². The molecule has 35 heavy (non-hydrogen) atoms. The zero-order valence-corrected chi connectivity index (χ0v) is 21.4. The van der Waals surface area contributed by atoms with Gasteiger partial charge in [-0.1, -0.05) is 12.8 Å². The van der Waals surface area contributed by atoms with E-state index in [4.69, 9.17) is 10.7 Å². The molecule has 0 spiro atoms. The number of halogens is 5. The number of nitrogens with one attached hydrogen (secondary N) is 3. The van der Waals surface area contributed by atoms with Crippen molar-refractivity contribution in [3.05, 3.63) is 6.33 Å². The number of fused-ring (bicyclic) bond motifs is 1. The summed E-state index contributed by atoms with van der Waals surface area (Å²) < 4.78 is 63.5. The van der Waals surface area contributed by atoms with E-state index in [0.717, 1.165) is 51.4 Å². The van der Waals surface area contributed by atoms with Gasteiger partial charge in [-0.15, -0.1) is 24.8 Å². The van der Waals surface area contributed by atoms with Crippen molar-refractivity contribution in [2.75, 3.05) is 23.7 Å². The predicted molar refractivity (Wildman–Crippen MR) is 133 cm³/mol. The van der Waals surface area contributed by atoms with E-state index in [2.05, 4.69) is 20.6 Å². The molecule has 4 rings (SSSR count). The van der Waals surface area contributed by atoms with Crippen molar-refractivity contribution in [1.29, 1.82) is 0 Å². The number of hydrogen-bond donors (Lipinski definition) is 4. The largest absolute Gasteiger partial charge is 0.511 e. The van der Waals surface area contributed by atoms with E-state index in [1.165, 1.54) is 4.72 Å². The SMILES string of the molecule is Cl.Cl.NC1CCC(Nc2nc(NCCNS(=O)(=O)C(F)(F)F)c3ncn(C4CCCC4)c3n2)CC1. The molecule has 5 N–H and O–H groups in total. The maximum absolute atomic E-state index is 12.5. The van der Waals surface area contributed by atoms with Crippen molar-refractivity contribution in [2.45, 2.75) is 75.0 Å². The molecule has 200 valence electrons. The van der Waals surface area contributed by atoms with Crippen LogP contribution in [0.3, 0.4) is 0 Å². The summed E-state index contributed by atoms with van der Waals surface area (Å²) in [4.78, 5) is 13.6. The molecule has 0 bridgehead atoms. The molecule has 2 aliphatic rings. The summed E-state index contributed by atoms with van der Waals surface area (Å²) in [6.45, 7) is -0.560. The molecule has 0 amide bonds. The van der Waals surface area contributed by atoms with Crippen LogP contribution in [0.4, 0.5) is 24.9 Å². The summed E-state index contributed by atoms with van der Waals surface area (Å²) in [6.07, 6.45) is 9.64. The minimum absolute atomic E-state index is 0. The van der Waals surface area contributed by atoms with Crippen molar-refractivity contribution in [3.8, 4) is 0 Å². The van der Waals surface area contributed by atoms with Gasteiger partial charge in [0.1, 0.15) is 0 Å². The number of alkyl halides is 3. The lowest BCUT2D eigenvalue weighted by Crippen LogP contribution is -2.38. The van der Waals surface area contributed by atoms with Gasteiger partial charge in [-0.25, -0.2) is 18.1 Å². The lowest BCUT2D eigenvalue weighted by Gasteiger charge is -2.27. The first-order valence-electron chi connectivity index (χ1n) is 11.2. The number of sulfonamides is 1. The molecule has 10 nitrogen and oxygen atoms in total. The normalized spacial score (nSPS) is 21.4. The molecule has 0 unspecified atom stereocenters. The van der Waals surface area contributed by atoms with Crippen molar-refractivity contribution in [1.82, 2.24) is 24.2 Å². The molecule has 2 fully saturated rings. The molecular formula is C19H31Cl2F3N8O2S. The van der Waals surface area contributed by atoms with E-state index in [1.54, 1.807) is 6.33 Å². The monoisotopic (exact) mass is 562 g/mol. The number of hydrogen-bond acceptors (Lipinski definition) is 8. The fourth-order valence-electron chi connectivity index (χ4n) is 4.45. The van der Waals surface area contributed by atoms with Crippen molar-refractivity contribution < 1.29 is 21.6 Å². The molecule has 0 radical (unpaired) electrons. The van der Waals surface area contributed by atoms with Crippen LogP contribution in [0.2, 0.25) is 0 Å². The second-order valence-corrected chi connectivity index (χ2v) is 10.4. The van der Waals surface area contributed by atoms with E-state index < -0.39 is 22.1 Å². The fraction of sp³-hybridized carbons (Fsp3) is 0.737. The number of rotatable bonds is 8. The average molecular weight is 563 g/mol. The Hall–Kier alpha value is -1.61. The van der Waals surface area contributed by atoms with Crippen LogP contribution in [0.5, 0.6) is 0 Å². The standard InChI is InChI=1S/C19H29F3N8O2S.2ClH/c20-19(21,22)33(31,32)26-10-9-24-16-15-17(30(11-25-15)14-3-1-2-4-14)29-18(28-16)27-13-7-5-12(23)6-8-13;;/h11-14,26H,1-10,23H2,(H2,24,27,28,29);2*1H. The summed E-state index contributed by atoms with van der Waals surface area (Å²) in [7, 11) is -5.40. The molecule has 2 aromatic rings. The van der Waals surface area contributed by atoms with Gasteiger partial charge in [0.25, 0.3) is 0 Å². The third-order valence-electron chi connectivity index (χ3n) is 6.26. The Kier molecular flexibility index (Phi) is 10.2. The fourth-order valence-corrected chi connectivity index (χ4v) is 4.98. The van der Waals surface area contributed by atoms with Gasteiger partial charge >= 0.3 is 15.5 Å². The minimum atomic E-state index is -5.40. The summed E-state index contributed by atoms with van der Waals surface area (Å²) in [5, 5.41) is 6.28. The highest BCUT2D eigenvalue weighted by Crippen LogP contribution is 2.33. The minimum Gasteiger partial charge on any atom is -0.367 e. The first-order chi connectivity index (χ1) is 15.6. The van der Waals surface area contributed by atoms with Crippen LogP contribution in [-0.2, 0) is 10.0 Å². The summed E-state index contributed by atoms with van der Waals surface area (Å²) in [6, 6.07) is 0.668. The number of nitrogens with two attached hydrogens (primary N) is 1. The molecule has 0 saturated heterocycles. The van der Waals surface area contributed by atoms with Crippen molar-refractivity contribution in [3.63, 3.8) is 0 Å². The lowest BCUT2D eigenvalue weighted by atomic mass is 9.92. The predicted octanol–water partition coefficient (Wildman–Crippen LogP) is 3.32. The topological polar surface area (TPSA) is 140 Å². The Morgan fingerprint density at radius 3 is 2.31 bits per heavy atom. The molecule has 2 aromatic heterocycles. The zero-order chi connectivity index (χ0) is 23.6. The van der Waals surface area contributed by atoms with Crippen LogP contribution in [0.1, 0.15) is 57.4 Å². The van der Waals surface area contributed by atoms with Gasteiger partial charge in [0, 0.05) is 31.2 Å². The van der Waals surface area contributed by atoms with Gasteiger partial charge in [-0.2, -0.15) is 23.1 Å². The number of anilines is 2. The second kappa shape index (κ2) is 12.1. The van der Waals surface area contributed by atoms with E-state index in [0.29, 0.717) is 22.9 Å². The molecule has 0 aromatic carbocycles. The molecule has 2 aliphatic carbocycles. The Morgan fingerprint density at radius 2 is 1.69 bits per heavy atom. The van der Waals surface area contributed by atoms with Crippen molar-refractivity contribution in [2.24, 2.45) is 5.73 Å². The summed E-state index contributed by atoms with van der Waals surface area (Å²) >= 11 is 0. The van der Waals surface area contributed by atoms with Crippen LogP contribution < -0.4 is 21.1 Å². The highest BCUT2D eigenvalue weighted by molar-refractivity contribution is 7.90. The summed E-state index contributed by atoms with van der Waals surface area (Å²) in [5.41, 5.74) is 1.78. The van der Waals surface area contributed by atoms with E-state index in [-0.39, 0.29) is 49.5 Å². The van der Waals surface area contributed by atoms with Crippen molar-refractivity contribution >= 4 is 57.8 Å². The number of nitrogens with zero attached hydrogens (tertiary/aromatic N) is 4. The quantitative estimate of drug-likeness (QED) is 0.359. The lowest BCUT2D eigenvalue weighted by molar-refractivity contribution is -0.0447. The van der Waals surface area contributed by atoms with Crippen LogP contribution in [-0.4, -0.2) is 58.6 Å². The molecule has 2 heterocycles. The first-order valence-corrected chi connectivity index (χ1v) is 12.7. The van der Waals surface area contributed by atoms with E-state index in [1.807, 2.05) is 4.57 Å². The molecule has 16 heteroatoms. The van der Waals surface area contributed by atoms with E-state index >= 15 is 0 Å². The number of aromatic nitrogens is 4. The first kappa shape index (κ1) is 29.6. The van der Waals surface area contributed by atoms with Crippen LogP contribution >= 0.6 is 24.8 Å². The van der Waals surface area contributed by atoms with Gasteiger partial charge < -0.3 is 20.9 Å². The highest BCUT2D eigenvalue weighted by atomic mass is 35.5. The zero-order valence-electron chi connectivity index (χ0n) is 18.9. The molecule has 0 aliphatic heterocycles. The third kappa shape index (κ3) is 7.00. The van der Waals surface area contributed by atoms with Crippen LogP contribution in [0, 0.1) is 0 Å². The highest BCUT2D eigenvalue weighted by Gasteiger charge is 2.45. The second-order valence-electron chi connectivity index (χ2n) is 8.68. The van der Waals surface area contributed by atoms with Gasteiger partial charge in [0.05, 0.1) is 6.33 Å². The van der Waals surface area contributed by atoms with Gasteiger partial charge in [0.2, 0.25) is 5.95 Å². The Bertz CT molecular complexity index is 1070. The smallest absolute Gasteiger partial charge is 0.367 e. The molecular weight excluding hydrogens is 532 g/mol. The maximum Gasteiger partial charge on any atom is 0.511 e. The molecule has 2 saturated carbocycles.